The Morgan fingerprint density at radius 3 is 2.07 bits per heavy atom. The van der Waals surface area contributed by atoms with Crippen molar-refractivity contribution in [3.05, 3.63) is 73.9 Å². The molecule has 0 amide bonds. The molecule has 2 aromatic carbocycles. The molecule has 0 fully saturated rings. The summed E-state index contributed by atoms with van der Waals surface area (Å²) in [5, 5.41) is 47.2. The first-order valence-electron chi connectivity index (χ1n) is 11.1. The number of H-pyrrole nitrogens is 1. The minimum Gasteiger partial charge on any atom is -1.00 e. The number of aromatic nitrogens is 4. The van der Waals surface area contributed by atoms with Crippen LogP contribution in [0.2, 0.25) is 0 Å². The van der Waals surface area contributed by atoms with E-state index in [2.05, 4.69) is 15.0 Å². The van der Waals surface area contributed by atoms with Gasteiger partial charge in [-0.15, -0.1) is 0 Å². The summed E-state index contributed by atoms with van der Waals surface area (Å²) in [7, 11) is 0. The minimum absolute atomic E-state index is 0. The predicted molar refractivity (Wildman–Crippen MR) is 133 cm³/mol. The van der Waals surface area contributed by atoms with Crippen LogP contribution in [0.1, 0.15) is 21.5 Å². The first kappa shape index (κ1) is 40.4. The predicted octanol–water partition coefficient (Wildman–Crippen LogP) is -9.75. The average molecular weight is 676 g/mol. The van der Waals surface area contributed by atoms with Crippen LogP contribution in [0.15, 0.2) is 46.0 Å². The molecule has 0 saturated heterocycles. The van der Waals surface area contributed by atoms with Gasteiger partial charge in [-0.3, -0.25) is 9.78 Å². The molecule has 1 radical (unpaired) electrons. The molecule has 4 rings (SSSR count). The number of hydrogen-bond donors (Lipinski definition) is 7. The van der Waals surface area contributed by atoms with E-state index < -0.39 is 42.1 Å². The molecule has 2 heterocycles. The molecule has 2 aliphatic heterocycles. The fourth-order valence-corrected chi connectivity index (χ4v) is 3.52. The third-order valence-corrected chi connectivity index (χ3v) is 5.73. The number of hydrogen-bond acceptors (Lipinski definition) is 10. The van der Waals surface area contributed by atoms with E-state index in [0.717, 1.165) is 11.1 Å². The van der Waals surface area contributed by atoms with Crippen molar-refractivity contribution in [3.63, 3.8) is 0 Å². The van der Waals surface area contributed by atoms with E-state index in [0.29, 0.717) is 16.7 Å². The number of fused-ring (bicyclic) bond motifs is 2. The van der Waals surface area contributed by atoms with Gasteiger partial charge in [0.25, 0.3) is 5.56 Å². The van der Waals surface area contributed by atoms with Crippen LogP contribution in [0.5, 0.6) is 0 Å². The molecule has 0 saturated carbocycles. The number of halogens is 3. The third kappa shape index (κ3) is 9.64. The van der Waals surface area contributed by atoms with Crippen molar-refractivity contribution in [3.8, 4) is 11.5 Å². The fraction of sp³-hybridized carbons (Fsp3) is 0.292. The van der Waals surface area contributed by atoms with Gasteiger partial charge in [0.1, 0.15) is 18.3 Å². The van der Waals surface area contributed by atoms with Crippen molar-refractivity contribution in [2.24, 2.45) is 0 Å². The Bertz CT molecular complexity index is 1520. The van der Waals surface area contributed by atoms with Crippen LogP contribution in [0.3, 0.4) is 0 Å². The van der Waals surface area contributed by atoms with Crippen molar-refractivity contribution in [1.29, 1.82) is 0 Å². The summed E-state index contributed by atoms with van der Waals surface area (Å²) in [4.78, 5) is 44.3. The van der Waals surface area contributed by atoms with Crippen LogP contribution < -0.4 is 54.2 Å². The Labute approximate surface area is 262 Å². The zero-order chi connectivity index (χ0) is 27.4. The van der Waals surface area contributed by atoms with Gasteiger partial charge in [-0.25, -0.2) is 14.6 Å². The van der Waals surface area contributed by atoms with Crippen LogP contribution in [0, 0.1) is 13.8 Å². The molecule has 0 spiro atoms. The fourth-order valence-electron chi connectivity index (χ4n) is 3.52. The number of aryl methyl sites for hydroxylation is 2. The third-order valence-electron chi connectivity index (χ3n) is 5.73. The zero-order valence-corrected chi connectivity index (χ0v) is 24.8. The molecule has 2 aliphatic rings. The maximum absolute atomic E-state index is 12.2. The van der Waals surface area contributed by atoms with Gasteiger partial charge in [-0.2, -0.15) is 4.98 Å². The summed E-state index contributed by atoms with van der Waals surface area (Å²) in [6.45, 7) is 2.73. The van der Waals surface area contributed by atoms with Crippen LogP contribution in [0.4, 0.5) is 5.69 Å². The number of aromatic amines is 1. The monoisotopic (exact) mass is 674 g/mol. The van der Waals surface area contributed by atoms with Gasteiger partial charge in [-0.1, -0.05) is 0 Å². The Morgan fingerprint density at radius 2 is 1.54 bits per heavy atom. The second-order valence-electron chi connectivity index (χ2n) is 8.43. The van der Waals surface area contributed by atoms with E-state index in [1.54, 1.807) is 24.3 Å². The molecule has 2 aromatic rings. The van der Waals surface area contributed by atoms with E-state index in [4.69, 9.17) is 15.9 Å². The number of benzene rings is 2. The largest absolute Gasteiger partial charge is 3.00 e. The van der Waals surface area contributed by atoms with E-state index in [1.165, 1.54) is 16.7 Å². The summed E-state index contributed by atoms with van der Waals surface area (Å²) in [5.74, 6) is -0.982. The number of aliphatic hydroxyl groups is 4. The Hall–Kier alpha value is -2.78. The molecule has 0 unspecified atom stereocenters. The number of nitrogens with zero attached hydrogens (tertiary/aromatic N) is 3. The van der Waals surface area contributed by atoms with Crippen LogP contribution in [-0.4, -0.2) is 75.9 Å². The topological polar surface area (TPSA) is 225 Å². The second-order valence-corrected chi connectivity index (χ2v) is 8.43. The molecule has 0 bridgehead atoms. The van der Waals surface area contributed by atoms with Gasteiger partial charge >= 0.3 is 28.7 Å². The molecule has 0 aliphatic carbocycles. The summed E-state index contributed by atoms with van der Waals surface area (Å²) in [6.07, 6.45) is -4.68. The van der Waals surface area contributed by atoms with E-state index in [9.17, 15) is 29.7 Å². The minimum atomic E-state index is -1.64. The smallest absolute Gasteiger partial charge is 1.00 e. The standard InChI is InChI=1S/C17H20N4O6.C7H7NO2.3ClH.Fe/c1-7-3-9-10(4-8(7)2)21(5-11(23)14(25)12(24)6-22)15-13(18-9)16(26)20-17(27)19-15;8-6-3-1-5(2-4-6)7(9)10;;;;/h3-4,11-12,14,22-25H,5-6H2,1-2H3,(H,20,26,27);1-4H,8H2,(H,9,10);3*1H;/q;;;;;+3/p-3/t11-,12+,14-;;;;;/m1...../s1. The van der Waals surface area contributed by atoms with Crippen molar-refractivity contribution in [2.75, 3.05) is 12.3 Å². The van der Waals surface area contributed by atoms with E-state index in [-0.39, 0.29) is 77.9 Å². The summed E-state index contributed by atoms with van der Waals surface area (Å²) < 4.78 is 1.40. The van der Waals surface area contributed by atoms with Gasteiger partial charge in [0.2, 0.25) is 0 Å². The van der Waals surface area contributed by atoms with Gasteiger partial charge in [0.05, 0.1) is 29.7 Å². The summed E-state index contributed by atoms with van der Waals surface area (Å²) in [5.41, 5.74) is 7.28. The molecule has 17 heteroatoms. The number of rotatable bonds is 6. The molecule has 225 valence electrons. The molecule has 41 heavy (non-hydrogen) atoms. The maximum Gasteiger partial charge on any atom is 3.00 e. The molecule has 8 N–H and O–H groups in total. The Kier molecular flexibility index (Phi) is 17.0. The van der Waals surface area contributed by atoms with Crippen LogP contribution in [-0.2, 0) is 23.6 Å². The van der Waals surface area contributed by atoms with Crippen molar-refractivity contribution in [1.82, 2.24) is 19.5 Å². The average Bonchev–Trinajstić information content (AvgIpc) is 2.85. The van der Waals surface area contributed by atoms with Crippen molar-refractivity contribution in [2.45, 2.75) is 38.7 Å². The SMILES string of the molecule is Cc1cc2nc3c(=O)[nH]c(=O)nc-3n(C[C@@H](O)[C@@H](O)[C@@H](O)CO)c2cc1C.Nc1ccc(C(=O)O)cc1.[Cl-].[Cl-].[Cl-].[Fe+3]. The number of carboxylic acid groups (broad SMARTS) is 1. The van der Waals surface area contributed by atoms with E-state index >= 15 is 0 Å². The maximum atomic E-state index is 12.2. The number of nitrogens with two attached hydrogens (primary N) is 1. The Balaban J connectivity index is 0. The van der Waals surface area contributed by atoms with Crippen molar-refractivity contribution < 1.29 is 84.6 Å². The van der Waals surface area contributed by atoms with Crippen molar-refractivity contribution >= 4 is 22.7 Å². The van der Waals surface area contributed by atoms with Crippen LogP contribution >= 0.6 is 0 Å². The van der Waals surface area contributed by atoms with E-state index in [1.807, 2.05) is 13.8 Å². The molecular formula is C24H27Cl3FeN5O8. The molecule has 3 atom stereocenters. The number of anilines is 1. The summed E-state index contributed by atoms with van der Waals surface area (Å²) >= 11 is 0. The second kappa shape index (κ2) is 17.2. The summed E-state index contributed by atoms with van der Waals surface area (Å²) in [6, 6.07) is 9.59. The van der Waals surface area contributed by atoms with Gasteiger partial charge in [0.15, 0.2) is 11.5 Å². The normalized spacial score (nSPS) is 12.2. The number of carboxylic acids is 1. The molecular weight excluding hydrogens is 648 g/mol. The number of nitrogen functional groups attached to an aromatic ring is 1. The molecule has 0 aromatic heterocycles. The van der Waals surface area contributed by atoms with Gasteiger partial charge in [-0.05, 0) is 61.4 Å². The number of carbonyl (C=O) groups is 1. The van der Waals surface area contributed by atoms with Gasteiger partial charge < -0.3 is 73.1 Å². The molecule has 13 nitrogen and oxygen atoms in total. The van der Waals surface area contributed by atoms with Crippen LogP contribution in [0.25, 0.3) is 22.6 Å². The quantitative estimate of drug-likeness (QED) is 0.0577. The van der Waals surface area contributed by atoms with Gasteiger partial charge in [0, 0.05) is 5.69 Å². The zero-order valence-electron chi connectivity index (χ0n) is 21.5. The first-order chi connectivity index (χ1) is 17.4. The Morgan fingerprint density at radius 1 is 0.976 bits per heavy atom. The number of aliphatic hydroxyl groups excluding tert-OH is 4. The first-order valence-corrected chi connectivity index (χ1v) is 11.1. The number of aromatic carboxylic acids is 1. The number of nitrogens with one attached hydrogen (secondary N) is 1.